The molecule has 1 heterocycles. The molecule has 9 nitrogen and oxygen atoms in total. The van der Waals surface area contributed by atoms with Crippen molar-refractivity contribution >= 4 is 52.2 Å². The van der Waals surface area contributed by atoms with Gasteiger partial charge in [0.1, 0.15) is 6.54 Å². The number of carbonyl (C=O) groups excluding carboxylic acids is 4. The average molecular weight is 574 g/mol. The molecule has 0 unspecified atom stereocenters. The van der Waals surface area contributed by atoms with Gasteiger partial charge in [0, 0.05) is 11.4 Å². The van der Waals surface area contributed by atoms with Gasteiger partial charge in [-0.05, 0) is 98.6 Å². The highest BCUT2D eigenvalue weighted by Gasteiger charge is 2.36. The summed E-state index contributed by atoms with van der Waals surface area (Å²) in [5, 5.41) is 4.98. The quantitative estimate of drug-likeness (QED) is 0.299. The summed E-state index contributed by atoms with van der Waals surface area (Å²) in [7, 11) is 0. The zero-order valence-corrected chi connectivity index (χ0v) is 24.1. The van der Waals surface area contributed by atoms with Crippen molar-refractivity contribution in [3.8, 4) is 11.5 Å². The summed E-state index contributed by atoms with van der Waals surface area (Å²) in [5.74, 6) is -0.601. The number of hydrogen-bond donors (Lipinski definition) is 2. The number of ether oxygens (including phenoxy) is 2. The van der Waals surface area contributed by atoms with Crippen molar-refractivity contribution in [2.75, 3.05) is 30.4 Å². The van der Waals surface area contributed by atoms with E-state index in [9.17, 15) is 19.2 Å². The van der Waals surface area contributed by atoms with Crippen LogP contribution in [0.3, 0.4) is 0 Å². The smallest absolute Gasteiger partial charge is 0.294 e. The van der Waals surface area contributed by atoms with E-state index in [4.69, 9.17) is 9.47 Å². The Morgan fingerprint density at radius 1 is 0.829 bits per heavy atom. The maximum atomic E-state index is 12.9. The van der Waals surface area contributed by atoms with Gasteiger partial charge in [-0.1, -0.05) is 29.8 Å². The summed E-state index contributed by atoms with van der Waals surface area (Å²) in [6.45, 7) is 7.45. The Morgan fingerprint density at radius 2 is 1.54 bits per heavy atom. The Labute approximate surface area is 242 Å². The monoisotopic (exact) mass is 573 g/mol. The number of hydrogen-bond acceptors (Lipinski definition) is 7. The van der Waals surface area contributed by atoms with Crippen LogP contribution in [0.4, 0.5) is 16.2 Å². The highest BCUT2D eigenvalue weighted by molar-refractivity contribution is 8.18. The third-order valence-corrected chi connectivity index (χ3v) is 7.13. The van der Waals surface area contributed by atoms with Gasteiger partial charge in [0.2, 0.25) is 5.91 Å². The fourth-order valence-electron chi connectivity index (χ4n) is 3.93. The Hall–Kier alpha value is -4.57. The van der Waals surface area contributed by atoms with Gasteiger partial charge >= 0.3 is 0 Å². The van der Waals surface area contributed by atoms with E-state index in [1.807, 2.05) is 58.0 Å². The lowest BCUT2D eigenvalue weighted by Gasteiger charge is -2.13. The van der Waals surface area contributed by atoms with Crippen LogP contribution in [-0.2, 0) is 14.4 Å². The highest BCUT2D eigenvalue weighted by Crippen LogP contribution is 2.34. The summed E-state index contributed by atoms with van der Waals surface area (Å²) in [4.78, 5) is 51.5. The van der Waals surface area contributed by atoms with E-state index < -0.39 is 23.6 Å². The van der Waals surface area contributed by atoms with E-state index >= 15 is 0 Å². The summed E-state index contributed by atoms with van der Waals surface area (Å²) >= 11 is 0.761. The predicted molar refractivity (Wildman–Crippen MR) is 160 cm³/mol. The molecule has 0 radical (unpaired) electrons. The number of rotatable bonds is 10. The molecule has 0 bridgehead atoms. The number of carbonyl (C=O) groups is 4. The normalized spacial score (nSPS) is 13.9. The standard InChI is InChI=1S/C31H31N3O6S/c1-5-39-26-15-22(9-13-25(26)40-18-29(36)33-24-12-8-20(3)21(4)14-24)16-27-30(37)34(31(38)41-27)17-28(35)32-23-10-6-19(2)7-11-23/h6-16H,5,17-18H2,1-4H3,(H,32,35)(H,33,36)/b27-16+. The third-order valence-electron chi connectivity index (χ3n) is 6.23. The number of aryl methyl sites for hydroxylation is 3. The number of nitrogens with one attached hydrogen (secondary N) is 2. The number of thioether (sulfide) groups is 1. The van der Waals surface area contributed by atoms with E-state index in [1.165, 1.54) is 0 Å². The maximum Gasteiger partial charge on any atom is 0.294 e. The van der Waals surface area contributed by atoms with Gasteiger partial charge in [0.05, 0.1) is 11.5 Å². The predicted octanol–water partition coefficient (Wildman–Crippen LogP) is 5.70. The molecule has 2 N–H and O–H groups in total. The van der Waals surface area contributed by atoms with Gasteiger partial charge in [0.15, 0.2) is 18.1 Å². The van der Waals surface area contributed by atoms with Crippen molar-refractivity contribution in [3.63, 3.8) is 0 Å². The van der Waals surface area contributed by atoms with Crippen LogP contribution < -0.4 is 20.1 Å². The number of anilines is 2. The zero-order chi connectivity index (χ0) is 29.5. The van der Waals surface area contributed by atoms with E-state index in [-0.39, 0.29) is 17.4 Å². The fourth-order valence-corrected chi connectivity index (χ4v) is 4.77. The first-order valence-corrected chi connectivity index (χ1v) is 13.8. The number of amides is 4. The minimum Gasteiger partial charge on any atom is -0.490 e. The maximum absolute atomic E-state index is 12.9. The first kappa shape index (κ1) is 29.4. The molecule has 41 heavy (non-hydrogen) atoms. The van der Waals surface area contributed by atoms with E-state index in [0.29, 0.717) is 35.0 Å². The van der Waals surface area contributed by atoms with Crippen LogP contribution in [0.15, 0.2) is 65.6 Å². The van der Waals surface area contributed by atoms with Crippen molar-refractivity contribution in [1.29, 1.82) is 0 Å². The van der Waals surface area contributed by atoms with Gasteiger partial charge in [-0.2, -0.15) is 0 Å². The molecule has 10 heteroatoms. The second kappa shape index (κ2) is 13.2. The van der Waals surface area contributed by atoms with Gasteiger partial charge in [-0.3, -0.25) is 24.1 Å². The van der Waals surface area contributed by atoms with Crippen molar-refractivity contribution in [3.05, 3.63) is 87.8 Å². The first-order valence-electron chi connectivity index (χ1n) is 13.0. The lowest BCUT2D eigenvalue weighted by molar-refractivity contribution is -0.127. The van der Waals surface area contributed by atoms with E-state index in [1.54, 1.807) is 36.4 Å². The lowest BCUT2D eigenvalue weighted by atomic mass is 10.1. The average Bonchev–Trinajstić information content (AvgIpc) is 3.19. The largest absolute Gasteiger partial charge is 0.490 e. The second-order valence-corrected chi connectivity index (χ2v) is 10.5. The molecule has 0 spiro atoms. The van der Waals surface area contributed by atoms with Crippen LogP contribution in [0.2, 0.25) is 0 Å². The lowest BCUT2D eigenvalue weighted by Crippen LogP contribution is -2.36. The fraction of sp³-hybridized carbons (Fsp3) is 0.226. The van der Waals surface area contributed by atoms with Gasteiger partial charge in [0.25, 0.3) is 17.1 Å². The number of imide groups is 1. The molecule has 4 amide bonds. The third kappa shape index (κ3) is 7.76. The summed E-state index contributed by atoms with van der Waals surface area (Å²) < 4.78 is 11.4. The first-order chi connectivity index (χ1) is 19.6. The summed E-state index contributed by atoms with van der Waals surface area (Å²) in [5.41, 5.74) is 5.11. The summed E-state index contributed by atoms with van der Waals surface area (Å²) in [6.07, 6.45) is 1.56. The molecule has 0 aromatic heterocycles. The van der Waals surface area contributed by atoms with Crippen LogP contribution >= 0.6 is 11.8 Å². The highest BCUT2D eigenvalue weighted by atomic mass is 32.2. The Bertz CT molecular complexity index is 1520. The van der Waals surface area contributed by atoms with Gasteiger partial charge in [-0.15, -0.1) is 0 Å². The van der Waals surface area contributed by atoms with Crippen molar-refractivity contribution in [2.24, 2.45) is 0 Å². The molecular weight excluding hydrogens is 542 g/mol. The minimum absolute atomic E-state index is 0.182. The van der Waals surface area contributed by atoms with Crippen LogP contribution in [0.1, 0.15) is 29.2 Å². The van der Waals surface area contributed by atoms with Crippen molar-refractivity contribution in [2.45, 2.75) is 27.7 Å². The molecule has 212 valence electrons. The number of benzene rings is 3. The molecule has 1 aliphatic heterocycles. The Balaban J connectivity index is 1.40. The van der Waals surface area contributed by atoms with Gasteiger partial charge < -0.3 is 20.1 Å². The SMILES string of the molecule is CCOc1cc(/C=C2/SC(=O)N(CC(=O)Nc3ccc(C)cc3)C2=O)ccc1OCC(=O)Nc1ccc(C)c(C)c1. The molecule has 3 aromatic rings. The molecule has 4 rings (SSSR count). The molecule has 3 aromatic carbocycles. The topological polar surface area (TPSA) is 114 Å². The zero-order valence-electron chi connectivity index (χ0n) is 23.3. The van der Waals surface area contributed by atoms with E-state index in [0.717, 1.165) is 33.4 Å². The molecular formula is C31H31N3O6S. The minimum atomic E-state index is -0.555. The van der Waals surface area contributed by atoms with E-state index in [2.05, 4.69) is 10.6 Å². The molecule has 1 fully saturated rings. The number of nitrogens with zero attached hydrogens (tertiary/aromatic N) is 1. The molecule has 1 saturated heterocycles. The summed E-state index contributed by atoms with van der Waals surface area (Å²) in [6, 6.07) is 17.9. The molecule has 0 saturated carbocycles. The van der Waals surface area contributed by atoms with Crippen LogP contribution in [-0.4, -0.2) is 47.6 Å². The van der Waals surface area contributed by atoms with Crippen molar-refractivity contribution in [1.82, 2.24) is 4.90 Å². The second-order valence-electron chi connectivity index (χ2n) is 9.46. The molecule has 1 aliphatic rings. The van der Waals surface area contributed by atoms with Crippen LogP contribution in [0, 0.1) is 20.8 Å². The Kier molecular flexibility index (Phi) is 9.46. The molecule has 0 aliphatic carbocycles. The van der Waals surface area contributed by atoms with Crippen LogP contribution in [0.5, 0.6) is 11.5 Å². The van der Waals surface area contributed by atoms with Crippen molar-refractivity contribution < 1.29 is 28.7 Å². The van der Waals surface area contributed by atoms with Crippen LogP contribution in [0.25, 0.3) is 6.08 Å². The Morgan fingerprint density at radius 3 is 2.24 bits per heavy atom. The van der Waals surface area contributed by atoms with Gasteiger partial charge in [-0.25, -0.2) is 0 Å². The molecule has 0 atom stereocenters.